The number of carboxylic acids is 1. The van der Waals surface area contributed by atoms with Crippen molar-refractivity contribution >= 4 is 30.0 Å². The van der Waals surface area contributed by atoms with Crippen LogP contribution in [0.1, 0.15) is 18.9 Å². The molecule has 90 valence electrons. The van der Waals surface area contributed by atoms with Gasteiger partial charge in [-0.1, -0.05) is 30.7 Å². The third kappa shape index (κ3) is 3.67. The van der Waals surface area contributed by atoms with E-state index in [0.717, 1.165) is 5.56 Å². The molecule has 1 atom stereocenters. The van der Waals surface area contributed by atoms with Gasteiger partial charge in [-0.05, 0) is 17.7 Å². The fourth-order valence-corrected chi connectivity index (χ4v) is 1.60. The molecule has 0 spiro atoms. The molecule has 16 heavy (non-hydrogen) atoms. The summed E-state index contributed by atoms with van der Waals surface area (Å²) in [4.78, 5) is 10.7. The van der Waals surface area contributed by atoms with Gasteiger partial charge in [0.15, 0.2) is 0 Å². The van der Waals surface area contributed by atoms with Gasteiger partial charge in [-0.2, -0.15) is 0 Å². The largest absolute Gasteiger partial charge is 0.481 e. The molecule has 1 unspecified atom stereocenters. The van der Waals surface area contributed by atoms with E-state index in [4.69, 9.17) is 22.4 Å². The van der Waals surface area contributed by atoms with Crippen LogP contribution in [0.4, 0.5) is 0 Å². The number of hydrogen-bond acceptors (Lipinski definition) is 2. The zero-order valence-electron chi connectivity index (χ0n) is 8.94. The van der Waals surface area contributed by atoms with Crippen molar-refractivity contribution in [2.45, 2.75) is 18.8 Å². The van der Waals surface area contributed by atoms with Gasteiger partial charge in [-0.15, -0.1) is 12.4 Å². The molecule has 0 saturated heterocycles. The standard InChI is InChI=1S/C11H14ClNO2.ClH/c1-11(7-13,6-10(14)15)8-2-4-9(12)5-3-8;/h2-5H,6-7,13H2,1H3,(H,14,15);1H. The van der Waals surface area contributed by atoms with Crippen LogP contribution >= 0.6 is 24.0 Å². The van der Waals surface area contributed by atoms with Gasteiger partial charge in [0.2, 0.25) is 0 Å². The van der Waals surface area contributed by atoms with Gasteiger partial charge in [0.25, 0.3) is 0 Å². The highest BCUT2D eigenvalue weighted by molar-refractivity contribution is 6.30. The lowest BCUT2D eigenvalue weighted by Gasteiger charge is -2.26. The van der Waals surface area contributed by atoms with E-state index in [1.165, 1.54) is 0 Å². The summed E-state index contributed by atoms with van der Waals surface area (Å²) in [5, 5.41) is 9.45. The summed E-state index contributed by atoms with van der Waals surface area (Å²) in [6.07, 6.45) is 0.0190. The van der Waals surface area contributed by atoms with Gasteiger partial charge in [-0.3, -0.25) is 4.79 Å². The Bertz CT molecular complexity index is 354. The van der Waals surface area contributed by atoms with Crippen LogP contribution in [0.15, 0.2) is 24.3 Å². The Hall–Kier alpha value is -0.770. The molecule has 0 aliphatic heterocycles. The van der Waals surface area contributed by atoms with Crippen molar-refractivity contribution in [3.05, 3.63) is 34.9 Å². The Morgan fingerprint density at radius 1 is 1.44 bits per heavy atom. The van der Waals surface area contributed by atoms with Gasteiger partial charge in [0.05, 0.1) is 6.42 Å². The molecule has 0 radical (unpaired) electrons. The summed E-state index contributed by atoms with van der Waals surface area (Å²) < 4.78 is 0. The molecule has 3 N–H and O–H groups in total. The van der Waals surface area contributed by atoms with Crippen molar-refractivity contribution in [3.8, 4) is 0 Å². The van der Waals surface area contributed by atoms with Gasteiger partial charge in [0.1, 0.15) is 0 Å². The fourth-order valence-electron chi connectivity index (χ4n) is 1.48. The van der Waals surface area contributed by atoms with Crippen LogP contribution in [0.5, 0.6) is 0 Å². The van der Waals surface area contributed by atoms with E-state index in [9.17, 15) is 4.79 Å². The lowest BCUT2D eigenvalue weighted by molar-refractivity contribution is -0.138. The van der Waals surface area contributed by atoms with Crippen LogP contribution in [-0.4, -0.2) is 17.6 Å². The van der Waals surface area contributed by atoms with Crippen molar-refractivity contribution in [1.29, 1.82) is 0 Å². The van der Waals surface area contributed by atoms with E-state index < -0.39 is 11.4 Å². The summed E-state index contributed by atoms with van der Waals surface area (Å²) in [7, 11) is 0. The number of carbonyl (C=O) groups is 1. The van der Waals surface area contributed by atoms with Crippen LogP contribution in [0.25, 0.3) is 0 Å². The van der Waals surface area contributed by atoms with E-state index in [0.29, 0.717) is 11.6 Å². The Morgan fingerprint density at radius 2 is 1.94 bits per heavy atom. The van der Waals surface area contributed by atoms with Crippen LogP contribution < -0.4 is 5.73 Å². The number of halogens is 2. The second-order valence-electron chi connectivity index (χ2n) is 3.84. The smallest absolute Gasteiger partial charge is 0.304 e. The number of carboxylic acid groups (broad SMARTS) is 1. The Kier molecular flexibility index (Phi) is 5.79. The van der Waals surface area contributed by atoms with Crippen molar-refractivity contribution in [2.24, 2.45) is 5.73 Å². The first-order chi connectivity index (χ1) is 6.98. The molecule has 0 fully saturated rings. The number of nitrogens with two attached hydrogens (primary N) is 1. The Labute approximate surface area is 106 Å². The van der Waals surface area contributed by atoms with E-state index in [-0.39, 0.29) is 18.8 Å². The second-order valence-corrected chi connectivity index (χ2v) is 4.28. The first-order valence-corrected chi connectivity index (χ1v) is 5.03. The minimum absolute atomic E-state index is 0. The maximum absolute atomic E-state index is 10.7. The van der Waals surface area contributed by atoms with Gasteiger partial charge >= 0.3 is 5.97 Å². The third-order valence-electron chi connectivity index (χ3n) is 2.53. The molecule has 0 aliphatic carbocycles. The molecule has 0 aliphatic rings. The van der Waals surface area contributed by atoms with E-state index >= 15 is 0 Å². The average Bonchev–Trinajstić information content (AvgIpc) is 2.17. The Morgan fingerprint density at radius 3 is 2.31 bits per heavy atom. The van der Waals surface area contributed by atoms with Crippen LogP contribution in [-0.2, 0) is 10.2 Å². The minimum Gasteiger partial charge on any atom is -0.481 e. The van der Waals surface area contributed by atoms with E-state index in [2.05, 4.69) is 0 Å². The van der Waals surface area contributed by atoms with Crippen molar-refractivity contribution < 1.29 is 9.90 Å². The summed E-state index contributed by atoms with van der Waals surface area (Å²) in [6, 6.07) is 7.12. The number of rotatable bonds is 4. The van der Waals surface area contributed by atoms with Crippen molar-refractivity contribution in [1.82, 2.24) is 0 Å². The van der Waals surface area contributed by atoms with E-state index in [1.54, 1.807) is 12.1 Å². The molecule has 3 nitrogen and oxygen atoms in total. The molecule has 0 aromatic heterocycles. The molecule has 0 saturated carbocycles. The summed E-state index contributed by atoms with van der Waals surface area (Å²) in [6.45, 7) is 2.13. The predicted octanol–water partition coefficient (Wildman–Crippen LogP) is 2.45. The van der Waals surface area contributed by atoms with Crippen LogP contribution in [0.2, 0.25) is 5.02 Å². The summed E-state index contributed by atoms with van der Waals surface area (Å²) >= 11 is 5.76. The highest BCUT2D eigenvalue weighted by Crippen LogP contribution is 2.27. The average molecular weight is 264 g/mol. The predicted molar refractivity (Wildman–Crippen MR) is 67.4 cm³/mol. The molecule has 0 heterocycles. The van der Waals surface area contributed by atoms with Crippen molar-refractivity contribution in [3.63, 3.8) is 0 Å². The highest BCUT2D eigenvalue weighted by atomic mass is 35.5. The maximum atomic E-state index is 10.7. The van der Waals surface area contributed by atoms with Gasteiger partial charge in [0, 0.05) is 17.0 Å². The molecule has 0 amide bonds. The lowest BCUT2D eigenvalue weighted by Crippen LogP contribution is -2.34. The summed E-state index contributed by atoms with van der Waals surface area (Å²) in [5.41, 5.74) is 6.00. The summed E-state index contributed by atoms with van der Waals surface area (Å²) in [5.74, 6) is -0.849. The van der Waals surface area contributed by atoms with Crippen LogP contribution in [0.3, 0.4) is 0 Å². The number of aliphatic carboxylic acids is 1. The van der Waals surface area contributed by atoms with Crippen LogP contribution in [0, 0.1) is 0 Å². The molecule has 1 aromatic rings. The first-order valence-electron chi connectivity index (χ1n) is 4.66. The van der Waals surface area contributed by atoms with Gasteiger partial charge < -0.3 is 10.8 Å². The molecule has 1 rings (SSSR count). The molecule has 1 aromatic carbocycles. The second kappa shape index (κ2) is 6.09. The minimum atomic E-state index is -0.849. The fraction of sp³-hybridized carbons (Fsp3) is 0.364. The lowest BCUT2D eigenvalue weighted by atomic mass is 9.80. The normalized spacial score (nSPS) is 13.7. The topological polar surface area (TPSA) is 63.3 Å². The number of benzene rings is 1. The van der Waals surface area contributed by atoms with Crippen molar-refractivity contribution in [2.75, 3.05) is 6.54 Å². The first kappa shape index (κ1) is 15.2. The highest BCUT2D eigenvalue weighted by Gasteiger charge is 2.27. The quantitative estimate of drug-likeness (QED) is 0.877. The maximum Gasteiger partial charge on any atom is 0.304 e. The number of hydrogen-bond donors (Lipinski definition) is 2. The monoisotopic (exact) mass is 263 g/mol. The Balaban J connectivity index is 0.00000225. The SMILES string of the molecule is CC(CN)(CC(=O)O)c1ccc(Cl)cc1.Cl. The zero-order valence-corrected chi connectivity index (χ0v) is 10.5. The third-order valence-corrected chi connectivity index (χ3v) is 2.79. The molecular formula is C11H15Cl2NO2. The molecule has 0 bridgehead atoms. The van der Waals surface area contributed by atoms with Gasteiger partial charge in [-0.25, -0.2) is 0 Å². The van der Waals surface area contributed by atoms with E-state index in [1.807, 2.05) is 19.1 Å². The zero-order chi connectivity index (χ0) is 11.5. The molecular weight excluding hydrogens is 249 g/mol. The molecule has 5 heteroatoms.